The number of nitrogens with zero attached hydrogens (tertiary/aromatic N) is 2. The third-order valence-electron chi connectivity index (χ3n) is 6.14. The zero-order chi connectivity index (χ0) is 24.5. The van der Waals surface area contributed by atoms with E-state index in [0.29, 0.717) is 60.5 Å². The number of nitro groups is 1. The first-order valence-corrected chi connectivity index (χ1v) is 10.8. The van der Waals surface area contributed by atoms with E-state index >= 15 is 0 Å². The molecule has 0 saturated heterocycles. The molecule has 3 aromatic carbocycles. The average Bonchev–Trinajstić information content (AvgIpc) is 2.82. The van der Waals surface area contributed by atoms with Gasteiger partial charge in [-0.25, -0.2) is 4.39 Å². The third-order valence-corrected chi connectivity index (χ3v) is 6.14. The Labute approximate surface area is 193 Å². The summed E-state index contributed by atoms with van der Waals surface area (Å²) in [6.07, 6.45) is -3.11. The van der Waals surface area contributed by atoms with E-state index in [1.807, 2.05) is 4.90 Å². The molecule has 0 radical (unpaired) electrons. The highest BCUT2D eigenvalue weighted by molar-refractivity contribution is 5.86. The first-order chi connectivity index (χ1) is 16.1. The molecule has 1 aliphatic heterocycles. The van der Waals surface area contributed by atoms with Crippen molar-refractivity contribution >= 4 is 22.0 Å². The predicted octanol–water partition coefficient (Wildman–Crippen LogP) is 6.12. The first-order valence-electron chi connectivity index (χ1n) is 10.8. The molecular formula is C25H22F4N2O3. The van der Waals surface area contributed by atoms with Gasteiger partial charge in [0.25, 0.3) is 5.69 Å². The van der Waals surface area contributed by atoms with Crippen LogP contribution in [0, 0.1) is 15.9 Å². The number of rotatable bonds is 6. The Morgan fingerprint density at radius 2 is 1.82 bits per heavy atom. The molecule has 4 rings (SSSR count). The van der Waals surface area contributed by atoms with Crippen LogP contribution in [0.2, 0.25) is 0 Å². The van der Waals surface area contributed by atoms with E-state index in [1.54, 1.807) is 36.4 Å². The fourth-order valence-electron chi connectivity index (χ4n) is 4.36. The maximum absolute atomic E-state index is 14.0. The van der Waals surface area contributed by atoms with Crippen molar-refractivity contribution in [3.05, 3.63) is 93.3 Å². The molecule has 3 aromatic rings. The average molecular weight is 474 g/mol. The van der Waals surface area contributed by atoms with Crippen LogP contribution in [0.25, 0.3) is 16.3 Å². The fourth-order valence-corrected chi connectivity index (χ4v) is 4.36. The monoisotopic (exact) mass is 474 g/mol. The molecule has 0 amide bonds. The highest BCUT2D eigenvalue weighted by Gasteiger charge is 2.36. The zero-order valence-corrected chi connectivity index (χ0v) is 18.1. The van der Waals surface area contributed by atoms with Crippen LogP contribution in [0.3, 0.4) is 0 Å². The van der Waals surface area contributed by atoms with Crippen LogP contribution in [0.15, 0.2) is 60.7 Å². The van der Waals surface area contributed by atoms with Gasteiger partial charge in [-0.05, 0) is 47.1 Å². The second-order valence-electron chi connectivity index (χ2n) is 8.25. The highest BCUT2D eigenvalue weighted by atomic mass is 19.4. The summed E-state index contributed by atoms with van der Waals surface area (Å²) in [4.78, 5) is 12.1. The molecule has 9 heteroatoms. The van der Waals surface area contributed by atoms with Crippen molar-refractivity contribution in [3.63, 3.8) is 0 Å². The lowest BCUT2D eigenvalue weighted by atomic mass is 9.93. The van der Waals surface area contributed by atoms with Gasteiger partial charge in [-0.3, -0.25) is 15.0 Å². The van der Waals surface area contributed by atoms with Gasteiger partial charge in [0.1, 0.15) is 5.82 Å². The van der Waals surface area contributed by atoms with Crippen LogP contribution in [-0.2, 0) is 6.18 Å². The normalized spacial score (nSPS) is 15.9. The summed E-state index contributed by atoms with van der Waals surface area (Å²) in [5.41, 5.74) is -0.540. The highest BCUT2D eigenvalue weighted by Crippen LogP contribution is 2.39. The van der Waals surface area contributed by atoms with Gasteiger partial charge < -0.3 is 5.11 Å². The van der Waals surface area contributed by atoms with Crippen molar-refractivity contribution in [1.82, 2.24) is 4.90 Å². The van der Waals surface area contributed by atoms with E-state index in [9.17, 15) is 32.8 Å². The number of aliphatic hydroxyl groups excluding tert-OH is 1. The molecule has 1 heterocycles. The van der Waals surface area contributed by atoms with Crippen LogP contribution in [0.4, 0.5) is 23.2 Å². The topological polar surface area (TPSA) is 66.6 Å². The Morgan fingerprint density at radius 1 is 1.09 bits per heavy atom. The van der Waals surface area contributed by atoms with E-state index < -0.39 is 28.5 Å². The molecule has 1 aliphatic rings. The number of hydrogen-bond acceptors (Lipinski definition) is 4. The maximum Gasteiger partial charge on any atom is 0.417 e. The zero-order valence-electron chi connectivity index (χ0n) is 18.1. The van der Waals surface area contributed by atoms with Crippen LogP contribution >= 0.6 is 0 Å². The van der Waals surface area contributed by atoms with Crippen molar-refractivity contribution in [2.24, 2.45) is 0 Å². The number of benzene rings is 3. The van der Waals surface area contributed by atoms with Crippen molar-refractivity contribution in [3.8, 4) is 0 Å². The van der Waals surface area contributed by atoms with Gasteiger partial charge in [0.2, 0.25) is 0 Å². The molecule has 0 saturated carbocycles. The van der Waals surface area contributed by atoms with E-state index in [0.717, 1.165) is 12.1 Å². The summed E-state index contributed by atoms with van der Waals surface area (Å²) in [6, 6.07) is 12.7. The number of alkyl halides is 3. The van der Waals surface area contributed by atoms with Crippen LogP contribution in [0.5, 0.6) is 0 Å². The Hall–Kier alpha value is -3.30. The smallest absolute Gasteiger partial charge is 0.388 e. The minimum absolute atomic E-state index is 0.0458. The Bertz CT molecular complexity index is 1260. The van der Waals surface area contributed by atoms with Crippen LogP contribution in [-0.4, -0.2) is 34.6 Å². The molecule has 178 valence electrons. The minimum Gasteiger partial charge on any atom is -0.388 e. The molecule has 0 fully saturated rings. The first kappa shape index (κ1) is 23.8. The molecular weight excluding hydrogens is 452 g/mol. The molecule has 1 unspecified atom stereocenters. The summed E-state index contributed by atoms with van der Waals surface area (Å²) in [5, 5.41) is 22.7. The maximum atomic E-state index is 14.0. The molecule has 1 N–H and O–H groups in total. The molecule has 5 nitrogen and oxygen atoms in total. The fraction of sp³-hybridized carbons (Fsp3) is 0.280. The SMILES string of the molecule is O=[N+]([O-])c1ccc(C2=CCN(CCC(O)c3ccc(F)c4ccccc34)CC2)c(C(F)(F)F)c1. The molecule has 0 aliphatic carbocycles. The molecule has 0 aromatic heterocycles. The van der Waals surface area contributed by atoms with Crippen molar-refractivity contribution in [1.29, 1.82) is 0 Å². The largest absolute Gasteiger partial charge is 0.417 e. The Morgan fingerprint density at radius 3 is 2.47 bits per heavy atom. The number of fused-ring (bicyclic) bond motifs is 1. The number of aliphatic hydroxyl groups is 1. The Kier molecular flexibility index (Phi) is 6.67. The third kappa shape index (κ3) is 4.95. The van der Waals surface area contributed by atoms with Crippen molar-refractivity contribution in [2.45, 2.75) is 25.1 Å². The van der Waals surface area contributed by atoms with Gasteiger partial charge in [0.15, 0.2) is 0 Å². The Balaban J connectivity index is 1.45. The second kappa shape index (κ2) is 9.52. The molecule has 34 heavy (non-hydrogen) atoms. The number of halogens is 4. The lowest BCUT2D eigenvalue weighted by Crippen LogP contribution is -2.30. The number of nitro benzene ring substituents is 1. The molecule has 0 spiro atoms. The second-order valence-corrected chi connectivity index (χ2v) is 8.25. The van der Waals surface area contributed by atoms with E-state index in [-0.39, 0.29) is 11.4 Å². The summed E-state index contributed by atoms with van der Waals surface area (Å²) in [5.74, 6) is -0.357. The van der Waals surface area contributed by atoms with Gasteiger partial charge in [-0.1, -0.05) is 36.4 Å². The standard InChI is InChI=1S/C25H22F4N2O3/c26-23-8-7-21(19-3-1-2-4-20(19)23)24(32)11-14-30-12-9-16(10-13-30)18-6-5-17(31(33)34)15-22(18)25(27,28)29/h1-9,15,24,32H,10-14H2. The number of hydrogen-bond donors (Lipinski definition) is 1. The van der Waals surface area contributed by atoms with Crippen molar-refractivity contribution < 1.29 is 27.6 Å². The van der Waals surface area contributed by atoms with Crippen LogP contribution < -0.4 is 0 Å². The van der Waals surface area contributed by atoms with Gasteiger partial charge in [0, 0.05) is 37.2 Å². The summed E-state index contributed by atoms with van der Waals surface area (Å²) >= 11 is 0. The lowest BCUT2D eigenvalue weighted by Gasteiger charge is -2.28. The lowest BCUT2D eigenvalue weighted by molar-refractivity contribution is -0.385. The van der Waals surface area contributed by atoms with Gasteiger partial charge in [-0.2, -0.15) is 13.2 Å². The summed E-state index contributed by atoms with van der Waals surface area (Å²) in [6.45, 7) is 1.38. The van der Waals surface area contributed by atoms with E-state index in [2.05, 4.69) is 0 Å². The van der Waals surface area contributed by atoms with Crippen LogP contribution in [0.1, 0.15) is 35.6 Å². The van der Waals surface area contributed by atoms with Gasteiger partial charge in [-0.15, -0.1) is 0 Å². The van der Waals surface area contributed by atoms with Gasteiger partial charge >= 0.3 is 6.18 Å². The van der Waals surface area contributed by atoms with E-state index in [4.69, 9.17) is 0 Å². The van der Waals surface area contributed by atoms with Gasteiger partial charge in [0.05, 0.1) is 16.6 Å². The quantitative estimate of drug-likeness (QED) is 0.266. The molecule has 0 bridgehead atoms. The van der Waals surface area contributed by atoms with Crippen molar-refractivity contribution in [2.75, 3.05) is 19.6 Å². The predicted molar refractivity (Wildman–Crippen MR) is 121 cm³/mol. The van der Waals surface area contributed by atoms with E-state index in [1.165, 1.54) is 6.07 Å². The summed E-state index contributed by atoms with van der Waals surface area (Å²) in [7, 11) is 0. The number of non-ortho nitro benzene ring substituents is 1. The minimum atomic E-state index is -4.71. The molecule has 1 atom stereocenters. The summed E-state index contributed by atoms with van der Waals surface area (Å²) < 4.78 is 54.6.